The SMILES string of the molecule is CNCC(O)c1c(O)ccc2c1OCO2. The van der Waals surface area contributed by atoms with Gasteiger partial charge in [-0.2, -0.15) is 0 Å². The van der Waals surface area contributed by atoms with Gasteiger partial charge in [-0.1, -0.05) is 0 Å². The number of hydrogen-bond donors (Lipinski definition) is 3. The van der Waals surface area contributed by atoms with Crippen LogP contribution in [0.4, 0.5) is 0 Å². The third-order valence-corrected chi connectivity index (χ3v) is 2.29. The maximum Gasteiger partial charge on any atom is 0.231 e. The molecule has 0 spiro atoms. The van der Waals surface area contributed by atoms with Gasteiger partial charge in [-0.15, -0.1) is 0 Å². The summed E-state index contributed by atoms with van der Waals surface area (Å²) in [5.41, 5.74) is 0.374. The second kappa shape index (κ2) is 3.96. The van der Waals surface area contributed by atoms with Crippen LogP contribution in [0.15, 0.2) is 12.1 Å². The minimum Gasteiger partial charge on any atom is -0.507 e. The Labute approximate surface area is 87.3 Å². The van der Waals surface area contributed by atoms with Gasteiger partial charge in [0.05, 0.1) is 11.7 Å². The van der Waals surface area contributed by atoms with Crippen molar-refractivity contribution in [2.45, 2.75) is 6.10 Å². The lowest BCUT2D eigenvalue weighted by atomic mass is 10.1. The van der Waals surface area contributed by atoms with E-state index in [1.807, 2.05) is 0 Å². The van der Waals surface area contributed by atoms with E-state index in [1.165, 1.54) is 6.07 Å². The fraction of sp³-hybridized carbons (Fsp3) is 0.400. The molecule has 1 aliphatic heterocycles. The highest BCUT2D eigenvalue weighted by atomic mass is 16.7. The molecular weight excluding hydrogens is 198 g/mol. The first-order valence-corrected chi connectivity index (χ1v) is 4.68. The fourth-order valence-electron chi connectivity index (χ4n) is 1.60. The van der Waals surface area contributed by atoms with Crippen LogP contribution in [0.2, 0.25) is 0 Å². The number of phenols is 1. The lowest BCUT2D eigenvalue weighted by Gasteiger charge is -2.14. The molecule has 2 rings (SSSR count). The summed E-state index contributed by atoms with van der Waals surface area (Å²) in [6, 6.07) is 3.11. The van der Waals surface area contributed by atoms with Gasteiger partial charge in [-0.25, -0.2) is 0 Å². The molecule has 1 aliphatic rings. The average molecular weight is 211 g/mol. The number of aliphatic hydroxyl groups excluding tert-OH is 1. The summed E-state index contributed by atoms with van der Waals surface area (Å²) in [4.78, 5) is 0. The number of rotatable bonds is 3. The molecule has 1 atom stereocenters. The summed E-state index contributed by atoms with van der Waals surface area (Å²) in [6.45, 7) is 0.464. The van der Waals surface area contributed by atoms with E-state index in [0.717, 1.165) is 0 Å². The predicted molar refractivity (Wildman–Crippen MR) is 53.1 cm³/mol. The lowest BCUT2D eigenvalue weighted by Crippen LogP contribution is -2.17. The van der Waals surface area contributed by atoms with E-state index in [-0.39, 0.29) is 12.5 Å². The van der Waals surface area contributed by atoms with Gasteiger partial charge in [-0.05, 0) is 19.2 Å². The number of aliphatic hydroxyl groups is 1. The quantitative estimate of drug-likeness (QED) is 0.674. The molecule has 5 heteroatoms. The first-order chi connectivity index (χ1) is 7.24. The fourth-order valence-corrected chi connectivity index (χ4v) is 1.60. The molecule has 1 aromatic rings. The lowest BCUT2D eigenvalue weighted by molar-refractivity contribution is 0.155. The second-order valence-electron chi connectivity index (χ2n) is 3.31. The first kappa shape index (κ1) is 10.1. The van der Waals surface area contributed by atoms with Gasteiger partial charge in [0.15, 0.2) is 11.5 Å². The molecule has 0 saturated carbocycles. The zero-order valence-electron chi connectivity index (χ0n) is 8.36. The highest BCUT2D eigenvalue weighted by Gasteiger charge is 2.25. The molecule has 0 bridgehead atoms. The number of aromatic hydroxyl groups is 1. The van der Waals surface area contributed by atoms with Gasteiger partial charge in [0.2, 0.25) is 6.79 Å². The van der Waals surface area contributed by atoms with E-state index in [1.54, 1.807) is 13.1 Å². The van der Waals surface area contributed by atoms with Gasteiger partial charge in [0, 0.05) is 6.54 Å². The van der Waals surface area contributed by atoms with E-state index < -0.39 is 6.10 Å². The molecule has 3 N–H and O–H groups in total. The third kappa shape index (κ3) is 1.71. The Balaban J connectivity index is 2.40. The summed E-state index contributed by atoms with van der Waals surface area (Å²) >= 11 is 0. The van der Waals surface area contributed by atoms with E-state index in [2.05, 4.69) is 5.32 Å². The van der Waals surface area contributed by atoms with Crippen LogP contribution in [0, 0.1) is 0 Å². The number of fused-ring (bicyclic) bond motifs is 1. The van der Waals surface area contributed by atoms with Crippen molar-refractivity contribution in [3.05, 3.63) is 17.7 Å². The number of hydrogen-bond acceptors (Lipinski definition) is 5. The molecule has 82 valence electrons. The zero-order chi connectivity index (χ0) is 10.8. The van der Waals surface area contributed by atoms with Crippen LogP contribution in [0.1, 0.15) is 11.7 Å². The minimum atomic E-state index is -0.813. The highest BCUT2D eigenvalue weighted by Crippen LogP contribution is 2.43. The van der Waals surface area contributed by atoms with Gasteiger partial charge < -0.3 is 25.0 Å². The Morgan fingerprint density at radius 2 is 2.27 bits per heavy atom. The van der Waals surface area contributed by atoms with Gasteiger partial charge in [-0.3, -0.25) is 0 Å². The first-order valence-electron chi connectivity index (χ1n) is 4.68. The molecule has 0 fully saturated rings. The van der Waals surface area contributed by atoms with Crippen LogP contribution in [0.3, 0.4) is 0 Å². The summed E-state index contributed by atoms with van der Waals surface area (Å²) in [6.07, 6.45) is -0.813. The van der Waals surface area contributed by atoms with Crippen molar-refractivity contribution >= 4 is 0 Å². The molecule has 1 aromatic carbocycles. The summed E-state index contributed by atoms with van der Waals surface area (Å²) in [5, 5.41) is 22.3. The molecule has 1 unspecified atom stereocenters. The normalized spacial score (nSPS) is 15.3. The second-order valence-corrected chi connectivity index (χ2v) is 3.31. The van der Waals surface area contributed by atoms with Crippen LogP contribution >= 0.6 is 0 Å². The monoisotopic (exact) mass is 211 g/mol. The molecule has 0 aliphatic carbocycles. The molecule has 0 aromatic heterocycles. The van der Waals surface area contributed by atoms with Crippen molar-refractivity contribution in [3.8, 4) is 17.2 Å². The van der Waals surface area contributed by atoms with Crippen LogP contribution in [0.25, 0.3) is 0 Å². The summed E-state index contributed by atoms with van der Waals surface area (Å²) < 4.78 is 10.4. The smallest absolute Gasteiger partial charge is 0.231 e. The van der Waals surface area contributed by atoms with E-state index >= 15 is 0 Å². The Morgan fingerprint density at radius 3 is 3.00 bits per heavy atom. The Morgan fingerprint density at radius 1 is 1.47 bits per heavy atom. The Bertz CT molecular complexity index is 367. The molecule has 0 radical (unpaired) electrons. The largest absolute Gasteiger partial charge is 0.507 e. The Hall–Kier alpha value is -1.46. The van der Waals surface area contributed by atoms with E-state index in [9.17, 15) is 10.2 Å². The zero-order valence-corrected chi connectivity index (χ0v) is 8.36. The number of nitrogens with one attached hydrogen (secondary N) is 1. The molecule has 15 heavy (non-hydrogen) atoms. The molecule has 5 nitrogen and oxygen atoms in total. The summed E-state index contributed by atoms with van der Waals surface area (Å²) in [7, 11) is 1.72. The summed E-state index contributed by atoms with van der Waals surface area (Å²) in [5.74, 6) is 0.998. The van der Waals surface area contributed by atoms with Gasteiger partial charge in [0.25, 0.3) is 0 Å². The van der Waals surface area contributed by atoms with Crippen LogP contribution in [-0.4, -0.2) is 30.6 Å². The van der Waals surface area contributed by atoms with Crippen molar-refractivity contribution in [3.63, 3.8) is 0 Å². The molecular formula is C10H13NO4. The van der Waals surface area contributed by atoms with E-state index in [0.29, 0.717) is 23.6 Å². The van der Waals surface area contributed by atoms with Crippen molar-refractivity contribution in [1.82, 2.24) is 5.32 Å². The molecule has 1 heterocycles. The number of ether oxygens (including phenoxy) is 2. The van der Waals surface area contributed by atoms with Crippen molar-refractivity contribution in [1.29, 1.82) is 0 Å². The average Bonchev–Trinajstić information content (AvgIpc) is 2.65. The maximum atomic E-state index is 9.81. The third-order valence-electron chi connectivity index (χ3n) is 2.29. The van der Waals surface area contributed by atoms with Gasteiger partial charge >= 0.3 is 0 Å². The highest BCUT2D eigenvalue weighted by molar-refractivity contribution is 5.55. The van der Waals surface area contributed by atoms with Gasteiger partial charge in [0.1, 0.15) is 5.75 Å². The Kier molecular flexibility index (Phi) is 2.66. The van der Waals surface area contributed by atoms with Crippen molar-refractivity contribution in [2.24, 2.45) is 0 Å². The molecule has 0 saturated heterocycles. The number of benzene rings is 1. The van der Waals surface area contributed by atoms with Crippen molar-refractivity contribution < 1.29 is 19.7 Å². The number of phenolic OH excluding ortho intramolecular Hbond substituents is 1. The van der Waals surface area contributed by atoms with Crippen molar-refractivity contribution in [2.75, 3.05) is 20.4 Å². The van der Waals surface area contributed by atoms with Crippen LogP contribution in [0.5, 0.6) is 17.2 Å². The minimum absolute atomic E-state index is 0.0157. The molecule has 0 amide bonds. The maximum absolute atomic E-state index is 9.81. The van der Waals surface area contributed by atoms with Crippen LogP contribution < -0.4 is 14.8 Å². The number of likely N-dealkylation sites (N-methyl/N-ethyl adjacent to an activating group) is 1. The van der Waals surface area contributed by atoms with E-state index in [4.69, 9.17) is 9.47 Å². The predicted octanol–water partition coefficient (Wildman–Crippen LogP) is 0.374. The topological polar surface area (TPSA) is 71.0 Å². The standard InChI is InChI=1S/C10H13NO4/c1-11-4-7(13)9-6(12)2-3-8-10(9)15-5-14-8/h2-3,7,11-13H,4-5H2,1H3. The van der Waals surface area contributed by atoms with Crippen LogP contribution in [-0.2, 0) is 0 Å².